The fourth-order valence-electron chi connectivity index (χ4n) is 4.94. The summed E-state index contributed by atoms with van der Waals surface area (Å²) in [6.07, 6.45) is -19.7. The fourth-order valence-corrected chi connectivity index (χ4v) is 4.94. The van der Waals surface area contributed by atoms with Crippen molar-refractivity contribution in [3.63, 3.8) is 0 Å². The highest BCUT2D eigenvalue weighted by atomic mass is 19.4. The van der Waals surface area contributed by atoms with Crippen molar-refractivity contribution in [2.45, 2.75) is 56.7 Å². The summed E-state index contributed by atoms with van der Waals surface area (Å²) in [5.74, 6) is -10.3. The standard InChI is InChI=1S/C37H18F18O2/c38-22-10-18(11-23(39)32(22)36(52,53)56-20-14-26(42)30(27(43)15-20)34(46,47)48)8-6-4-2-1-3-5-7-9-19-12-24(40)33(25(41)13-19)37(54,55)57-21-16-28(44)31(29(45)17-21)35(49,50)51/h10-17H,1-5H2. The molecule has 20 heteroatoms. The van der Waals surface area contributed by atoms with E-state index in [0.717, 1.165) is 0 Å². The molecular weight excluding hydrogens is 818 g/mol. The van der Waals surface area contributed by atoms with Gasteiger partial charge in [0.25, 0.3) is 0 Å². The summed E-state index contributed by atoms with van der Waals surface area (Å²) in [6.45, 7) is 0. The van der Waals surface area contributed by atoms with Crippen LogP contribution >= 0.6 is 0 Å². The Morgan fingerprint density at radius 3 is 0.895 bits per heavy atom. The maximum absolute atomic E-state index is 14.6. The lowest BCUT2D eigenvalue weighted by atomic mass is 10.1. The summed E-state index contributed by atoms with van der Waals surface area (Å²) >= 11 is 0. The number of halogens is 18. The molecular formula is C37H18F18O2. The SMILES string of the molecule is Fc1cc(OC(F)(F)c2c(F)cc(C#CCCCCCC#Cc3cc(F)c(C(F)(F)Oc4cc(F)c(C(F)(F)F)c(F)c4)c(F)c3)cc2F)cc(F)c1C(F)(F)F. The molecule has 0 aromatic heterocycles. The van der Waals surface area contributed by atoms with Crippen molar-refractivity contribution in [2.75, 3.05) is 0 Å². The van der Waals surface area contributed by atoms with Gasteiger partial charge in [-0.15, -0.1) is 0 Å². The smallest absolute Gasteiger partial charge is 0.429 e. The van der Waals surface area contributed by atoms with Gasteiger partial charge in [-0.1, -0.05) is 30.1 Å². The molecule has 0 N–H and O–H groups in total. The third kappa shape index (κ3) is 10.8. The van der Waals surface area contributed by atoms with Gasteiger partial charge in [0.2, 0.25) is 0 Å². The molecule has 0 fully saturated rings. The number of alkyl halides is 10. The molecule has 0 atom stereocenters. The summed E-state index contributed by atoms with van der Waals surface area (Å²) < 4.78 is 255. The Hall–Kier alpha value is -5.66. The molecule has 0 amide bonds. The van der Waals surface area contributed by atoms with Gasteiger partial charge in [0.1, 0.15) is 80.3 Å². The first-order valence-corrected chi connectivity index (χ1v) is 15.5. The zero-order valence-electron chi connectivity index (χ0n) is 27.8. The maximum Gasteiger partial charge on any atom is 0.432 e. The average molecular weight is 837 g/mol. The monoisotopic (exact) mass is 836 g/mol. The highest BCUT2D eigenvalue weighted by molar-refractivity contribution is 5.41. The molecule has 0 saturated heterocycles. The van der Waals surface area contributed by atoms with Crippen molar-refractivity contribution in [1.29, 1.82) is 0 Å². The first-order chi connectivity index (χ1) is 26.3. The lowest BCUT2D eigenvalue weighted by Gasteiger charge is -2.20. The quantitative estimate of drug-likeness (QED) is 0.0900. The first-order valence-electron chi connectivity index (χ1n) is 15.5. The number of hydrogen-bond acceptors (Lipinski definition) is 2. The lowest BCUT2D eigenvalue weighted by molar-refractivity contribution is -0.190. The van der Waals surface area contributed by atoms with Crippen LogP contribution in [0.3, 0.4) is 0 Å². The largest absolute Gasteiger partial charge is 0.432 e. The van der Waals surface area contributed by atoms with E-state index in [4.69, 9.17) is 0 Å². The minimum absolute atomic E-state index is 0.0860. The number of benzene rings is 4. The van der Waals surface area contributed by atoms with Crippen molar-refractivity contribution >= 4 is 0 Å². The molecule has 0 heterocycles. The molecule has 4 aromatic rings. The van der Waals surface area contributed by atoms with E-state index >= 15 is 0 Å². The van der Waals surface area contributed by atoms with Crippen molar-refractivity contribution in [3.05, 3.63) is 128 Å². The van der Waals surface area contributed by atoms with Crippen LogP contribution in [0, 0.1) is 70.2 Å². The Balaban J connectivity index is 1.30. The molecule has 0 aliphatic carbocycles. The van der Waals surface area contributed by atoms with E-state index < -0.39 is 116 Å². The molecule has 2 nitrogen and oxygen atoms in total. The number of ether oxygens (including phenoxy) is 2. The molecule has 0 aliphatic rings. The summed E-state index contributed by atoms with van der Waals surface area (Å²) in [6, 6.07) is 0.520. The van der Waals surface area contributed by atoms with Gasteiger partial charge in [0, 0.05) is 48.2 Å². The Labute approximate surface area is 309 Å². The fraction of sp³-hybridized carbons (Fsp3) is 0.243. The minimum atomic E-state index is -5.53. The molecule has 0 saturated carbocycles. The second-order valence-corrected chi connectivity index (χ2v) is 11.6. The molecule has 304 valence electrons. The zero-order valence-corrected chi connectivity index (χ0v) is 27.8. The van der Waals surface area contributed by atoms with Crippen molar-refractivity contribution in [3.8, 4) is 35.2 Å². The van der Waals surface area contributed by atoms with Gasteiger partial charge in [0.15, 0.2) is 0 Å². The third-order valence-electron chi connectivity index (χ3n) is 7.33. The molecule has 0 radical (unpaired) electrons. The van der Waals surface area contributed by atoms with Gasteiger partial charge in [-0.05, 0) is 37.1 Å². The Kier molecular flexibility index (Phi) is 13.0. The Morgan fingerprint density at radius 2 is 0.632 bits per heavy atom. The lowest BCUT2D eigenvalue weighted by Crippen LogP contribution is -2.25. The zero-order chi connectivity index (χ0) is 42.7. The molecule has 0 spiro atoms. The highest BCUT2D eigenvalue weighted by Gasteiger charge is 2.44. The molecule has 57 heavy (non-hydrogen) atoms. The van der Waals surface area contributed by atoms with Crippen molar-refractivity contribution < 1.29 is 88.5 Å². The third-order valence-corrected chi connectivity index (χ3v) is 7.33. The highest BCUT2D eigenvalue weighted by Crippen LogP contribution is 2.41. The van der Waals surface area contributed by atoms with Crippen LogP contribution in [0.4, 0.5) is 79.0 Å². The number of hydrogen-bond donors (Lipinski definition) is 0. The molecule has 0 unspecified atom stereocenters. The summed E-state index contributed by atoms with van der Waals surface area (Å²) in [7, 11) is 0. The first kappa shape index (κ1) is 44.1. The summed E-state index contributed by atoms with van der Waals surface area (Å²) in [4.78, 5) is 0. The minimum Gasteiger partial charge on any atom is -0.429 e. The predicted molar refractivity (Wildman–Crippen MR) is 161 cm³/mol. The molecule has 4 aromatic carbocycles. The van der Waals surface area contributed by atoms with Crippen LogP contribution in [0.25, 0.3) is 0 Å². The maximum atomic E-state index is 14.6. The van der Waals surface area contributed by atoms with Gasteiger partial charge < -0.3 is 9.47 Å². The van der Waals surface area contributed by atoms with Crippen LogP contribution in [0.2, 0.25) is 0 Å². The van der Waals surface area contributed by atoms with Crippen molar-refractivity contribution in [1.82, 2.24) is 0 Å². The van der Waals surface area contributed by atoms with E-state index in [-0.39, 0.29) is 37.1 Å². The van der Waals surface area contributed by atoms with Gasteiger partial charge in [-0.3, -0.25) is 0 Å². The number of unbranched alkanes of at least 4 members (excludes halogenated alkanes) is 4. The predicted octanol–water partition coefficient (Wildman–Crippen LogP) is 12.4. The molecule has 4 rings (SSSR count). The van der Waals surface area contributed by atoms with E-state index in [0.29, 0.717) is 43.5 Å². The second-order valence-electron chi connectivity index (χ2n) is 11.6. The molecule has 0 bridgehead atoms. The van der Waals surface area contributed by atoms with E-state index in [1.54, 1.807) is 0 Å². The van der Waals surface area contributed by atoms with Crippen LogP contribution in [0.15, 0.2) is 48.5 Å². The average Bonchev–Trinajstić information content (AvgIpc) is 3.00. The van der Waals surface area contributed by atoms with E-state index in [2.05, 4.69) is 33.2 Å². The van der Waals surface area contributed by atoms with Crippen molar-refractivity contribution in [2.24, 2.45) is 0 Å². The normalized spacial score (nSPS) is 12.1. The van der Waals surface area contributed by atoms with Crippen LogP contribution in [0.5, 0.6) is 11.5 Å². The Bertz CT molecular complexity index is 2020. The van der Waals surface area contributed by atoms with Gasteiger partial charge >= 0.3 is 24.6 Å². The topological polar surface area (TPSA) is 18.5 Å². The van der Waals surface area contributed by atoms with E-state index in [1.165, 1.54) is 0 Å². The van der Waals surface area contributed by atoms with Crippen LogP contribution in [-0.2, 0) is 24.6 Å². The van der Waals surface area contributed by atoms with Crippen LogP contribution < -0.4 is 9.47 Å². The van der Waals surface area contributed by atoms with Crippen LogP contribution in [0.1, 0.15) is 65.5 Å². The summed E-state index contributed by atoms with van der Waals surface area (Å²) in [5, 5.41) is 0. The van der Waals surface area contributed by atoms with Gasteiger partial charge in [0.05, 0.1) is 0 Å². The van der Waals surface area contributed by atoms with Gasteiger partial charge in [-0.2, -0.15) is 43.9 Å². The van der Waals surface area contributed by atoms with Gasteiger partial charge in [-0.25, -0.2) is 35.1 Å². The molecule has 0 aliphatic heterocycles. The van der Waals surface area contributed by atoms with E-state index in [1.807, 2.05) is 0 Å². The summed E-state index contributed by atoms with van der Waals surface area (Å²) in [5.41, 5.74) is -9.73. The Morgan fingerprint density at radius 1 is 0.368 bits per heavy atom. The van der Waals surface area contributed by atoms with Crippen LogP contribution in [-0.4, -0.2) is 0 Å². The van der Waals surface area contributed by atoms with E-state index in [9.17, 15) is 79.0 Å². The number of rotatable bonds is 10. The second kappa shape index (κ2) is 16.8.